The van der Waals surface area contributed by atoms with Crippen LogP contribution in [0.1, 0.15) is 36.8 Å². The molecule has 0 aliphatic carbocycles. The number of aryl methyl sites for hydroxylation is 2. The SMILES string of the molecule is CCc1nc(CCNC(=O)N(C)[C@H](C)Cc2ncccc2C)no1. The van der Waals surface area contributed by atoms with E-state index in [1.165, 1.54) is 0 Å². The molecule has 7 nitrogen and oxygen atoms in total. The Balaban J connectivity index is 1.79. The van der Waals surface area contributed by atoms with Crippen LogP contribution in [0.4, 0.5) is 4.79 Å². The Morgan fingerprint density at radius 3 is 2.92 bits per heavy atom. The Morgan fingerprint density at radius 2 is 2.25 bits per heavy atom. The van der Waals surface area contributed by atoms with E-state index in [4.69, 9.17) is 4.52 Å². The van der Waals surface area contributed by atoms with Crippen molar-refractivity contribution in [3.63, 3.8) is 0 Å². The van der Waals surface area contributed by atoms with E-state index in [1.807, 2.05) is 32.9 Å². The highest BCUT2D eigenvalue weighted by atomic mass is 16.5. The number of pyridine rings is 1. The molecule has 1 atom stereocenters. The number of aromatic nitrogens is 3. The van der Waals surface area contributed by atoms with E-state index in [2.05, 4.69) is 20.4 Å². The molecule has 1 N–H and O–H groups in total. The van der Waals surface area contributed by atoms with Crippen LogP contribution in [0.15, 0.2) is 22.9 Å². The summed E-state index contributed by atoms with van der Waals surface area (Å²) in [5.74, 6) is 1.24. The third-order valence-corrected chi connectivity index (χ3v) is 4.03. The lowest BCUT2D eigenvalue weighted by molar-refractivity contribution is 0.193. The molecule has 0 unspecified atom stereocenters. The van der Waals surface area contributed by atoms with Gasteiger partial charge in [-0.05, 0) is 25.5 Å². The van der Waals surface area contributed by atoms with Gasteiger partial charge in [0.1, 0.15) is 0 Å². The lowest BCUT2D eigenvalue weighted by Crippen LogP contribution is -2.44. The van der Waals surface area contributed by atoms with Crippen molar-refractivity contribution < 1.29 is 9.32 Å². The fraction of sp³-hybridized carbons (Fsp3) is 0.529. The topological polar surface area (TPSA) is 84.2 Å². The van der Waals surface area contributed by atoms with Crippen LogP contribution in [-0.2, 0) is 19.3 Å². The van der Waals surface area contributed by atoms with Crippen molar-refractivity contribution in [2.75, 3.05) is 13.6 Å². The quantitative estimate of drug-likeness (QED) is 0.840. The molecule has 2 amide bonds. The van der Waals surface area contributed by atoms with E-state index in [9.17, 15) is 4.79 Å². The molecule has 0 bridgehead atoms. The third kappa shape index (κ3) is 4.78. The first kappa shape index (κ1) is 17.9. The second-order valence-corrected chi connectivity index (χ2v) is 5.87. The Kier molecular flexibility index (Phi) is 6.28. The van der Waals surface area contributed by atoms with Crippen LogP contribution in [0, 0.1) is 6.92 Å². The zero-order valence-corrected chi connectivity index (χ0v) is 14.7. The van der Waals surface area contributed by atoms with Crippen molar-refractivity contribution in [2.45, 2.75) is 46.1 Å². The minimum atomic E-state index is -0.115. The molecular weight excluding hydrogens is 306 g/mol. The Bertz CT molecular complexity index is 671. The van der Waals surface area contributed by atoms with Gasteiger partial charge >= 0.3 is 6.03 Å². The van der Waals surface area contributed by atoms with E-state index in [-0.39, 0.29) is 12.1 Å². The summed E-state index contributed by atoms with van der Waals surface area (Å²) < 4.78 is 5.04. The van der Waals surface area contributed by atoms with Gasteiger partial charge in [-0.15, -0.1) is 0 Å². The highest BCUT2D eigenvalue weighted by Gasteiger charge is 2.17. The zero-order chi connectivity index (χ0) is 17.5. The van der Waals surface area contributed by atoms with E-state index in [1.54, 1.807) is 18.1 Å². The van der Waals surface area contributed by atoms with Crippen molar-refractivity contribution in [3.8, 4) is 0 Å². The molecule has 0 radical (unpaired) electrons. The molecule has 24 heavy (non-hydrogen) atoms. The summed E-state index contributed by atoms with van der Waals surface area (Å²) in [5.41, 5.74) is 2.16. The minimum absolute atomic E-state index is 0.0514. The molecule has 2 aromatic heterocycles. The number of nitrogens with zero attached hydrogens (tertiary/aromatic N) is 4. The number of hydrogen-bond acceptors (Lipinski definition) is 5. The summed E-state index contributed by atoms with van der Waals surface area (Å²) in [6, 6.07) is 3.89. The first-order valence-electron chi connectivity index (χ1n) is 8.23. The summed E-state index contributed by atoms with van der Waals surface area (Å²) in [4.78, 5) is 22.5. The van der Waals surface area contributed by atoms with Gasteiger partial charge in [0.05, 0.1) is 0 Å². The Hall–Kier alpha value is -2.44. The molecule has 0 saturated heterocycles. The molecular formula is C17H25N5O2. The van der Waals surface area contributed by atoms with Crippen LogP contribution in [0.25, 0.3) is 0 Å². The van der Waals surface area contributed by atoms with Crippen LogP contribution in [0.2, 0.25) is 0 Å². The maximum atomic E-state index is 12.2. The van der Waals surface area contributed by atoms with Gasteiger partial charge < -0.3 is 14.7 Å². The average molecular weight is 331 g/mol. The zero-order valence-electron chi connectivity index (χ0n) is 14.7. The summed E-state index contributed by atoms with van der Waals surface area (Å²) >= 11 is 0. The number of carbonyl (C=O) groups excluding carboxylic acids is 1. The average Bonchev–Trinajstić information content (AvgIpc) is 3.04. The van der Waals surface area contributed by atoms with Gasteiger partial charge in [0, 0.05) is 50.8 Å². The maximum Gasteiger partial charge on any atom is 0.317 e. The van der Waals surface area contributed by atoms with Crippen molar-refractivity contribution in [3.05, 3.63) is 41.3 Å². The van der Waals surface area contributed by atoms with Crippen molar-refractivity contribution >= 4 is 6.03 Å². The van der Waals surface area contributed by atoms with E-state index in [0.29, 0.717) is 31.1 Å². The number of amides is 2. The van der Waals surface area contributed by atoms with Crippen LogP contribution in [0.3, 0.4) is 0 Å². The highest BCUT2D eigenvalue weighted by Crippen LogP contribution is 2.09. The predicted octanol–water partition coefficient (Wildman–Crippen LogP) is 2.15. The molecule has 0 spiro atoms. The minimum Gasteiger partial charge on any atom is -0.339 e. The molecule has 0 aliphatic rings. The van der Waals surface area contributed by atoms with Crippen LogP contribution < -0.4 is 5.32 Å². The number of urea groups is 1. The normalized spacial score (nSPS) is 12.0. The molecule has 0 saturated carbocycles. The van der Waals surface area contributed by atoms with Crippen molar-refractivity contribution in [1.82, 2.24) is 25.3 Å². The molecule has 2 heterocycles. The fourth-order valence-electron chi connectivity index (χ4n) is 2.29. The van der Waals surface area contributed by atoms with Gasteiger partial charge in [-0.2, -0.15) is 4.98 Å². The van der Waals surface area contributed by atoms with Crippen LogP contribution >= 0.6 is 0 Å². The van der Waals surface area contributed by atoms with E-state index < -0.39 is 0 Å². The second kappa shape index (κ2) is 8.42. The largest absolute Gasteiger partial charge is 0.339 e. The standard InChI is InChI=1S/C17H25N5O2/c1-5-16-20-15(21-24-16)8-10-19-17(23)22(4)13(3)11-14-12(2)7-6-9-18-14/h6-7,9,13H,5,8,10-11H2,1-4H3,(H,19,23)/t13-/m1/s1. The Labute approximate surface area is 142 Å². The number of carbonyl (C=O) groups is 1. The third-order valence-electron chi connectivity index (χ3n) is 4.03. The molecule has 0 fully saturated rings. The molecule has 2 rings (SSSR count). The van der Waals surface area contributed by atoms with Gasteiger partial charge in [-0.1, -0.05) is 18.1 Å². The number of hydrogen-bond donors (Lipinski definition) is 1. The van der Waals surface area contributed by atoms with Gasteiger partial charge in [0.25, 0.3) is 0 Å². The first-order valence-corrected chi connectivity index (χ1v) is 8.23. The van der Waals surface area contributed by atoms with Crippen molar-refractivity contribution in [1.29, 1.82) is 0 Å². The highest BCUT2D eigenvalue weighted by molar-refractivity contribution is 5.74. The number of nitrogens with one attached hydrogen (secondary N) is 1. The number of rotatable bonds is 7. The summed E-state index contributed by atoms with van der Waals surface area (Å²) in [6.45, 7) is 6.48. The fourth-order valence-corrected chi connectivity index (χ4v) is 2.29. The predicted molar refractivity (Wildman–Crippen MR) is 90.7 cm³/mol. The monoisotopic (exact) mass is 331 g/mol. The lowest BCUT2D eigenvalue weighted by Gasteiger charge is -2.25. The molecule has 130 valence electrons. The molecule has 2 aromatic rings. The van der Waals surface area contributed by atoms with Gasteiger partial charge in [0.15, 0.2) is 5.82 Å². The van der Waals surface area contributed by atoms with Crippen LogP contribution in [-0.4, -0.2) is 45.7 Å². The second-order valence-electron chi connectivity index (χ2n) is 5.87. The lowest BCUT2D eigenvalue weighted by atomic mass is 10.1. The summed E-state index contributed by atoms with van der Waals surface area (Å²) in [5, 5.41) is 6.75. The summed E-state index contributed by atoms with van der Waals surface area (Å²) in [7, 11) is 1.79. The van der Waals surface area contributed by atoms with Gasteiger partial charge in [-0.3, -0.25) is 4.98 Å². The molecule has 0 aliphatic heterocycles. The smallest absolute Gasteiger partial charge is 0.317 e. The molecule has 0 aromatic carbocycles. The van der Waals surface area contributed by atoms with Crippen molar-refractivity contribution in [2.24, 2.45) is 0 Å². The Morgan fingerprint density at radius 1 is 1.46 bits per heavy atom. The van der Waals surface area contributed by atoms with Gasteiger partial charge in [-0.25, -0.2) is 4.79 Å². The molecule has 7 heteroatoms. The van der Waals surface area contributed by atoms with Crippen LogP contribution in [0.5, 0.6) is 0 Å². The summed E-state index contributed by atoms with van der Waals surface area (Å²) in [6.07, 6.45) is 3.77. The number of likely N-dealkylation sites (N-methyl/N-ethyl adjacent to an activating group) is 1. The van der Waals surface area contributed by atoms with Gasteiger partial charge in [0.2, 0.25) is 5.89 Å². The first-order chi connectivity index (χ1) is 11.5. The van der Waals surface area contributed by atoms with E-state index in [0.717, 1.165) is 17.7 Å². The van der Waals surface area contributed by atoms with E-state index >= 15 is 0 Å². The maximum absolute atomic E-state index is 12.2.